The number of carbonyl (C=O) groups excluding carboxylic acids is 2. The normalized spacial score (nSPS) is 13.0. The molecule has 0 radical (unpaired) electrons. The highest BCUT2D eigenvalue weighted by molar-refractivity contribution is 6.33. The number of esters is 1. The summed E-state index contributed by atoms with van der Waals surface area (Å²) in [6, 6.07) is 12.5. The Bertz CT molecular complexity index is 773. The number of rotatable bonds is 4. The van der Waals surface area contributed by atoms with Crippen molar-refractivity contribution < 1.29 is 14.3 Å². The summed E-state index contributed by atoms with van der Waals surface area (Å²) in [6.45, 7) is -0.346. The van der Waals surface area contributed by atoms with Crippen molar-refractivity contribution in [3.05, 3.63) is 64.2 Å². The molecule has 0 aromatic heterocycles. The highest BCUT2D eigenvalue weighted by Gasteiger charge is 2.15. The molecule has 0 fully saturated rings. The van der Waals surface area contributed by atoms with Crippen LogP contribution in [-0.4, -0.2) is 18.5 Å². The molecule has 0 aliphatic heterocycles. The summed E-state index contributed by atoms with van der Waals surface area (Å²) in [5.41, 5.74) is 3.49. The molecule has 2 aromatic rings. The predicted molar refractivity (Wildman–Crippen MR) is 93.4 cm³/mol. The Labute approximate surface area is 145 Å². The standard InChI is InChI=1S/C19H18ClNO3/c20-16-7-3-4-8-17(16)21-18(22)12-24-19(23)15-10-9-13-5-1-2-6-14(13)11-15/h3-4,7-11H,1-2,5-6,12H2,(H,21,22). The van der Waals surface area contributed by atoms with E-state index in [1.54, 1.807) is 30.3 Å². The first-order valence-corrected chi connectivity index (χ1v) is 8.34. The molecule has 0 saturated heterocycles. The number of ether oxygens (including phenoxy) is 1. The first kappa shape index (κ1) is 16.5. The van der Waals surface area contributed by atoms with Crippen molar-refractivity contribution in [3.8, 4) is 0 Å². The molecule has 1 aliphatic rings. The zero-order valence-electron chi connectivity index (χ0n) is 13.2. The molecule has 4 nitrogen and oxygen atoms in total. The van der Waals surface area contributed by atoms with Gasteiger partial charge in [-0.3, -0.25) is 4.79 Å². The highest BCUT2D eigenvalue weighted by Crippen LogP contribution is 2.23. The SMILES string of the molecule is O=C(COC(=O)c1ccc2c(c1)CCCC2)Nc1ccccc1Cl. The maximum absolute atomic E-state index is 12.1. The molecule has 1 aliphatic carbocycles. The van der Waals surface area contributed by atoms with Crippen molar-refractivity contribution in [2.45, 2.75) is 25.7 Å². The number of hydrogen-bond donors (Lipinski definition) is 1. The average Bonchev–Trinajstić information content (AvgIpc) is 2.61. The minimum Gasteiger partial charge on any atom is -0.452 e. The van der Waals surface area contributed by atoms with E-state index in [-0.39, 0.29) is 6.61 Å². The van der Waals surface area contributed by atoms with Gasteiger partial charge in [-0.25, -0.2) is 4.79 Å². The second-order valence-electron chi connectivity index (χ2n) is 5.79. The lowest BCUT2D eigenvalue weighted by atomic mass is 9.90. The molecule has 24 heavy (non-hydrogen) atoms. The van der Waals surface area contributed by atoms with Crippen LogP contribution in [0.4, 0.5) is 5.69 Å². The van der Waals surface area contributed by atoms with E-state index < -0.39 is 11.9 Å². The van der Waals surface area contributed by atoms with Crippen LogP contribution in [0, 0.1) is 0 Å². The largest absolute Gasteiger partial charge is 0.452 e. The van der Waals surface area contributed by atoms with E-state index in [2.05, 4.69) is 5.32 Å². The van der Waals surface area contributed by atoms with Gasteiger partial charge in [0, 0.05) is 0 Å². The van der Waals surface area contributed by atoms with Crippen LogP contribution in [-0.2, 0) is 22.4 Å². The Morgan fingerprint density at radius 3 is 2.58 bits per heavy atom. The molecule has 5 heteroatoms. The quantitative estimate of drug-likeness (QED) is 0.853. The minimum absolute atomic E-state index is 0.346. The first-order chi connectivity index (χ1) is 11.6. The van der Waals surface area contributed by atoms with E-state index in [1.807, 2.05) is 12.1 Å². The maximum Gasteiger partial charge on any atom is 0.338 e. The second kappa shape index (κ2) is 7.49. The van der Waals surface area contributed by atoms with Gasteiger partial charge in [0.05, 0.1) is 16.3 Å². The molecule has 3 rings (SSSR count). The molecule has 2 aromatic carbocycles. The van der Waals surface area contributed by atoms with Gasteiger partial charge in [0.1, 0.15) is 0 Å². The Morgan fingerprint density at radius 2 is 1.79 bits per heavy atom. The summed E-state index contributed by atoms with van der Waals surface area (Å²) in [6.07, 6.45) is 4.39. The van der Waals surface area contributed by atoms with Crippen LogP contribution in [0.15, 0.2) is 42.5 Å². The lowest BCUT2D eigenvalue weighted by Gasteiger charge is -2.16. The van der Waals surface area contributed by atoms with Crippen LogP contribution < -0.4 is 5.32 Å². The van der Waals surface area contributed by atoms with Gasteiger partial charge >= 0.3 is 5.97 Å². The number of aryl methyl sites for hydroxylation is 2. The molecule has 0 saturated carbocycles. The number of anilines is 1. The zero-order chi connectivity index (χ0) is 16.9. The lowest BCUT2D eigenvalue weighted by Crippen LogP contribution is -2.21. The number of amides is 1. The molecule has 0 bridgehead atoms. The summed E-state index contributed by atoms with van der Waals surface area (Å²) in [5.74, 6) is -0.910. The van der Waals surface area contributed by atoms with Gasteiger partial charge in [0.2, 0.25) is 0 Å². The monoisotopic (exact) mass is 343 g/mol. The molecule has 1 N–H and O–H groups in total. The average molecular weight is 344 g/mol. The molecule has 124 valence electrons. The number of hydrogen-bond acceptors (Lipinski definition) is 3. The third kappa shape index (κ3) is 3.95. The van der Waals surface area contributed by atoms with Gasteiger partial charge in [-0.2, -0.15) is 0 Å². The van der Waals surface area contributed by atoms with Gasteiger partial charge in [0.25, 0.3) is 5.91 Å². The Balaban J connectivity index is 1.57. The zero-order valence-corrected chi connectivity index (χ0v) is 13.9. The summed E-state index contributed by atoms with van der Waals surface area (Å²) in [7, 11) is 0. The molecular weight excluding hydrogens is 326 g/mol. The van der Waals surface area contributed by atoms with E-state index in [0.29, 0.717) is 16.3 Å². The number of fused-ring (bicyclic) bond motifs is 1. The number of benzene rings is 2. The summed E-state index contributed by atoms with van der Waals surface area (Å²) < 4.78 is 5.10. The first-order valence-electron chi connectivity index (χ1n) is 7.97. The van der Waals surface area contributed by atoms with Gasteiger partial charge in [-0.05, 0) is 61.1 Å². The number of para-hydroxylation sites is 1. The predicted octanol–water partition coefficient (Wildman–Crippen LogP) is 4.01. The summed E-state index contributed by atoms with van der Waals surface area (Å²) >= 11 is 5.97. The Hall–Kier alpha value is -2.33. The van der Waals surface area contributed by atoms with Crippen LogP contribution in [0.3, 0.4) is 0 Å². The molecule has 1 amide bonds. The van der Waals surface area contributed by atoms with Crippen LogP contribution in [0.25, 0.3) is 0 Å². The fraction of sp³-hybridized carbons (Fsp3) is 0.263. The van der Waals surface area contributed by atoms with Crippen LogP contribution in [0.2, 0.25) is 5.02 Å². The maximum atomic E-state index is 12.1. The van der Waals surface area contributed by atoms with Gasteiger partial charge in [-0.1, -0.05) is 29.8 Å². The third-order valence-corrected chi connectivity index (χ3v) is 4.40. The molecule has 0 spiro atoms. The second-order valence-corrected chi connectivity index (χ2v) is 6.20. The van der Waals surface area contributed by atoms with Crippen LogP contribution in [0.1, 0.15) is 34.3 Å². The van der Waals surface area contributed by atoms with Crippen LogP contribution >= 0.6 is 11.6 Å². The Morgan fingerprint density at radius 1 is 1.04 bits per heavy atom. The van der Waals surface area contributed by atoms with E-state index in [9.17, 15) is 9.59 Å². The van der Waals surface area contributed by atoms with Crippen molar-refractivity contribution in [3.63, 3.8) is 0 Å². The van der Waals surface area contributed by atoms with Gasteiger partial charge in [-0.15, -0.1) is 0 Å². The number of carbonyl (C=O) groups is 2. The van der Waals surface area contributed by atoms with Crippen LogP contribution in [0.5, 0.6) is 0 Å². The van der Waals surface area contributed by atoms with Crippen molar-refractivity contribution in [2.24, 2.45) is 0 Å². The molecule has 0 atom stereocenters. The molecular formula is C19H18ClNO3. The van der Waals surface area contributed by atoms with Crippen molar-refractivity contribution in [1.29, 1.82) is 0 Å². The summed E-state index contributed by atoms with van der Waals surface area (Å²) in [4.78, 5) is 24.0. The fourth-order valence-electron chi connectivity index (χ4n) is 2.82. The fourth-order valence-corrected chi connectivity index (χ4v) is 3.01. The topological polar surface area (TPSA) is 55.4 Å². The van der Waals surface area contributed by atoms with E-state index in [1.165, 1.54) is 17.5 Å². The van der Waals surface area contributed by atoms with Gasteiger partial charge in [0.15, 0.2) is 6.61 Å². The van der Waals surface area contributed by atoms with Crippen molar-refractivity contribution in [1.82, 2.24) is 0 Å². The summed E-state index contributed by atoms with van der Waals surface area (Å²) in [5, 5.41) is 3.06. The molecule has 0 heterocycles. The van der Waals surface area contributed by atoms with Crippen molar-refractivity contribution >= 4 is 29.2 Å². The minimum atomic E-state index is -0.488. The third-order valence-electron chi connectivity index (χ3n) is 4.07. The van der Waals surface area contributed by atoms with Gasteiger partial charge < -0.3 is 10.1 Å². The molecule has 0 unspecified atom stereocenters. The van der Waals surface area contributed by atoms with E-state index in [0.717, 1.165) is 19.3 Å². The lowest BCUT2D eigenvalue weighted by molar-refractivity contribution is -0.119. The Kier molecular flexibility index (Phi) is 5.16. The number of halogens is 1. The van der Waals surface area contributed by atoms with E-state index in [4.69, 9.17) is 16.3 Å². The smallest absolute Gasteiger partial charge is 0.338 e. The van der Waals surface area contributed by atoms with Crippen molar-refractivity contribution in [2.75, 3.05) is 11.9 Å². The number of nitrogens with one attached hydrogen (secondary N) is 1. The van der Waals surface area contributed by atoms with E-state index >= 15 is 0 Å². The highest BCUT2D eigenvalue weighted by atomic mass is 35.5.